The molecule has 8 heteroatoms. The zero-order chi connectivity index (χ0) is 18.4. The first kappa shape index (κ1) is 18.4. The van der Waals surface area contributed by atoms with E-state index in [0.29, 0.717) is 11.3 Å². The minimum absolute atomic E-state index is 0.0346. The molecule has 25 heavy (non-hydrogen) atoms. The van der Waals surface area contributed by atoms with Crippen molar-refractivity contribution < 1.29 is 27.2 Å². The Balaban J connectivity index is 1.91. The highest BCUT2D eigenvalue weighted by molar-refractivity contribution is 5.96. The van der Waals surface area contributed by atoms with E-state index in [4.69, 9.17) is 0 Å². The number of anilines is 1. The summed E-state index contributed by atoms with van der Waals surface area (Å²) in [6, 6.07) is 11.0. The second-order valence-electron chi connectivity index (χ2n) is 5.23. The van der Waals surface area contributed by atoms with Crippen LogP contribution in [0.25, 0.3) is 0 Å². The Morgan fingerprint density at radius 2 is 1.68 bits per heavy atom. The van der Waals surface area contributed by atoms with E-state index in [0.717, 1.165) is 0 Å². The van der Waals surface area contributed by atoms with Gasteiger partial charge < -0.3 is 10.6 Å². The number of halogens is 4. The number of amides is 2. The minimum atomic E-state index is -4.49. The lowest BCUT2D eigenvalue weighted by Gasteiger charge is -2.09. The highest BCUT2D eigenvalue weighted by Crippen LogP contribution is 2.14. The summed E-state index contributed by atoms with van der Waals surface area (Å²) in [5.74, 6) is -1.70. The molecule has 132 valence electrons. The van der Waals surface area contributed by atoms with E-state index in [9.17, 15) is 27.2 Å². The van der Waals surface area contributed by atoms with Crippen LogP contribution in [0.1, 0.15) is 15.9 Å². The quantitative estimate of drug-likeness (QED) is 0.810. The molecule has 0 fully saturated rings. The number of nitrogens with one attached hydrogen (secondary N) is 2. The predicted octanol–water partition coefficient (Wildman–Crippen LogP) is 3.30. The van der Waals surface area contributed by atoms with Crippen LogP contribution in [0, 0.1) is 5.82 Å². The first-order valence-electron chi connectivity index (χ1n) is 7.22. The molecule has 2 rings (SSSR count). The molecule has 0 unspecified atom stereocenters. The van der Waals surface area contributed by atoms with Crippen molar-refractivity contribution in [2.45, 2.75) is 12.6 Å². The van der Waals surface area contributed by atoms with Gasteiger partial charge in [-0.2, -0.15) is 13.2 Å². The summed E-state index contributed by atoms with van der Waals surface area (Å²) >= 11 is 0. The summed E-state index contributed by atoms with van der Waals surface area (Å²) in [5.41, 5.74) is 0.904. The molecule has 0 aliphatic rings. The Kier molecular flexibility index (Phi) is 5.74. The van der Waals surface area contributed by atoms with Gasteiger partial charge >= 0.3 is 6.18 Å². The number of benzene rings is 2. The van der Waals surface area contributed by atoms with Gasteiger partial charge in [0.2, 0.25) is 5.91 Å². The van der Waals surface area contributed by atoms with Crippen molar-refractivity contribution in [3.63, 3.8) is 0 Å². The Bertz CT molecular complexity index is 758. The highest BCUT2D eigenvalue weighted by Gasteiger charge is 2.27. The fourth-order valence-electron chi connectivity index (χ4n) is 2.03. The molecule has 0 aromatic heterocycles. The molecule has 0 atom stereocenters. The third-order valence-corrected chi connectivity index (χ3v) is 3.13. The summed E-state index contributed by atoms with van der Waals surface area (Å²) in [6.45, 7) is -1.42. The van der Waals surface area contributed by atoms with Gasteiger partial charge in [-0.1, -0.05) is 12.1 Å². The van der Waals surface area contributed by atoms with Crippen LogP contribution in [-0.2, 0) is 11.2 Å². The molecule has 0 spiro atoms. The molecule has 0 radical (unpaired) electrons. The van der Waals surface area contributed by atoms with Crippen molar-refractivity contribution in [2.75, 3.05) is 11.9 Å². The lowest BCUT2D eigenvalue weighted by Crippen LogP contribution is -2.33. The minimum Gasteiger partial charge on any atom is -0.343 e. The number of hydrogen-bond donors (Lipinski definition) is 2. The van der Waals surface area contributed by atoms with Gasteiger partial charge in [0, 0.05) is 11.3 Å². The Morgan fingerprint density at radius 1 is 1.00 bits per heavy atom. The van der Waals surface area contributed by atoms with Gasteiger partial charge in [-0.05, 0) is 42.0 Å². The number of carbonyl (C=O) groups excluding carboxylic acids is 2. The summed E-state index contributed by atoms with van der Waals surface area (Å²) in [4.78, 5) is 23.5. The van der Waals surface area contributed by atoms with E-state index in [1.54, 1.807) is 11.4 Å². The fraction of sp³-hybridized carbons (Fsp3) is 0.176. The molecular weight excluding hydrogens is 340 g/mol. The standard InChI is InChI=1S/C17H14F4N2O2/c18-13-3-1-2-11(8-13)9-15(24)23-14-6-4-12(5-7-14)16(25)22-10-17(19,20)21/h1-8H,9-10H2,(H,22,25)(H,23,24). The van der Waals surface area contributed by atoms with E-state index in [-0.39, 0.29) is 17.9 Å². The zero-order valence-corrected chi connectivity index (χ0v) is 12.9. The van der Waals surface area contributed by atoms with Gasteiger partial charge in [0.25, 0.3) is 5.91 Å². The van der Waals surface area contributed by atoms with Crippen molar-refractivity contribution in [2.24, 2.45) is 0 Å². The molecule has 2 amide bonds. The number of hydrogen-bond acceptors (Lipinski definition) is 2. The Labute approximate surface area is 140 Å². The van der Waals surface area contributed by atoms with Gasteiger partial charge in [0.1, 0.15) is 12.4 Å². The molecule has 2 N–H and O–H groups in total. The first-order chi connectivity index (χ1) is 11.7. The average molecular weight is 354 g/mol. The molecule has 0 heterocycles. The fourth-order valence-corrected chi connectivity index (χ4v) is 2.03. The maximum atomic E-state index is 13.1. The first-order valence-corrected chi connectivity index (χ1v) is 7.22. The summed E-state index contributed by atoms with van der Waals surface area (Å²) < 4.78 is 49.2. The van der Waals surface area contributed by atoms with E-state index in [1.165, 1.54) is 42.5 Å². The largest absolute Gasteiger partial charge is 0.405 e. The van der Waals surface area contributed by atoms with Crippen molar-refractivity contribution in [3.8, 4) is 0 Å². The zero-order valence-electron chi connectivity index (χ0n) is 12.9. The molecular formula is C17H14F4N2O2. The topological polar surface area (TPSA) is 58.2 Å². The van der Waals surface area contributed by atoms with Crippen LogP contribution in [0.3, 0.4) is 0 Å². The predicted molar refractivity (Wildman–Crippen MR) is 83.6 cm³/mol. The van der Waals surface area contributed by atoms with Gasteiger partial charge in [0.15, 0.2) is 0 Å². The van der Waals surface area contributed by atoms with E-state index >= 15 is 0 Å². The average Bonchev–Trinajstić information content (AvgIpc) is 2.52. The Hall–Kier alpha value is -2.90. The van der Waals surface area contributed by atoms with E-state index in [2.05, 4.69) is 5.32 Å². The van der Waals surface area contributed by atoms with Gasteiger partial charge in [-0.15, -0.1) is 0 Å². The lowest BCUT2D eigenvalue weighted by molar-refractivity contribution is -0.123. The number of carbonyl (C=O) groups is 2. The lowest BCUT2D eigenvalue weighted by atomic mass is 10.1. The molecule has 0 bridgehead atoms. The van der Waals surface area contributed by atoms with Crippen LogP contribution in [0.5, 0.6) is 0 Å². The van der Waals surface area contributed by atoms with Crippen LogP contribution >= 0.6 is 0 Å². The number of alkyl halides is 3. The number of rotatable bonds is 5. The highest BCUT2D eigenvalue weighted by atomic mass is 19.4. The molecule has 4 nitrogen and oxygen atoms in total. The summed E-state index contributed by atoms with van der Waals surface area (Å²) in [6.07, 6.45) is -4.52. The normalized spacial score (nSPS) is 11.0. The van der Waals surface area contributed by atoms with Gasteiger partial charge in [0.05, 0.1) is 6.42 Å². The van der Waals surface area contributed by atoms with Crippen molar-refractivity contribution in [3.05, 3.63) is 65.5 Å². The van der Waals surface area contributed by atoms with Crippen LogP contribution in [0.2, 0.25) is 0 Å². The molecule has 0 saturated carbocycles. The molecule has 0 aliphatic carbocycles. The second kappa shape index (κ2) is 7.78. The van der Waals surface area contributed by atoms with Gasteiger partial charge in [-0.25, -0.2) is 4.39 Å². The van der Waals surface area contributed by atoms with E-state index < -0.39 is 24.4 Å². The van der Waals surface area contributed by atoms with Crippen molar-refractivity contribution >= 4 is 17.5 Å². The summed E-state index contributed by atoms with van der Waals surface area (Å²) in [7, 11) is 0. The second-order valence-corrected chi connectivity index (χ2v) is 5.23. The van der Waals surface area contributed by atoms with Gasteiger partial charge in [-0.3, -0.25) is 9.59 Å². The van der Waals surface area contributed by atoms with E-state index in [1.807, 2.05) is 0 Å². The van der Waals surface area contributed by atoms with Crippen LogP contribution in [0.15, 0.2) is 48.5 Å². The third kappa shape index (κ3) is 6.25. The Morgan fingerprint density at radius 3 is 2.28 bits per heavy atom. The molecule has 0 aliphatic heterocycles. The molecule has 2 aromatic carbocycles. The summed E-state index contributed by atoms with van der Waals surface area (Å²) in [5, 5.41) is 4.31. The molecule has 0 saturated heterocycles. The van der Waals surface area contributed by atoms with Crippen LogP contribution < -0.4 is 10.6 Å². The maximum absolute atomic E-state index is 13.1. The van der Waals surface area contributed by atoms with Crippen molar-refractivity contribution in [1.29, 1.82) is 0 Å². The third-order valence-electron chi connectivity index (χ3n) is 3.13. The van der Waals surface area contributed by atoms with Crippen molar-refractivity contribution in [1.82, 2.24) is 5.32 Å². The smallest absolute Gasteiger partial charge is 0.343 e. The van der Waals surface area contributed by atoms with Crippen LogP contribution in [-0.4, -0.2) is 24.5 Å². The molecule has 2 aromatic rings. The maximum Gasteiger partial charge on any atom is 0.405 e. The van der Waals surface area contributed by atoms with Crippen LogP contribution in [0.4, 0.5) is 23.2 Å². The SMILES string of the molecule is O=C(Cc1cccc(F)c1)Nc1ccc(C(=O)NCC(F)(F)F)cc1. The monoisotopic (exact) mass is 354 g/mol.